The smallest absolute Gasteiger partial charge is 0.337 e. The Morgan fingerprint density at radius 2 is 1.36 bits per heavy atom. The van der Waals surface area contributed by atoms with Crippen LogP contribution in [0.2, 0.25) is 0 Å². The van der Waals surface area contributed by atoms with E-state index in [1.807, 2.05) is 20.8 Å². The minimum absolute atomic E-state index is 0.0105. The minimum Gasteiger partial charge on any atom is -0.481 e. The van der Waals surface area contributed by atoms with Crippen LogP contribution in [0.4, 0.5) is 0 Å². The SMILES string of the molecule is CCCCOC(CC(=O)O)(C(=O)O)C(CCCC)(CCCC)C(=O)OC(C)=O. The zero-order chi connectivity index (χ0) is 21.8. The summed E-state index contributed by atoms with van der Waals surface area (Å²) in [4.78, 5) is 48.6. The molecule has 28 heavy (non-hydrogen) atoms. The van der Waals surface area contributed by atoms with Gasteiger partial charge in [0.25, 0.3) is 0 Å². The van der Waals surface area contributed by atoms with E-state index in [0.717, 1.165) is 6.92 Å². The number of carbonyl (C=O) groups excluding carboxylic acids is 2. The molecule has 0 saturated heterocycles. The molecule has 0 aliphatic carbocycles. The summed E-state index contributed by atoms with van der Waals surface area (Å²) in [5.41, 5.74) is -4.09. The van der Waals surface area contributed by atoms with Crippen LogP contribution < -0.4 is 0 Å². The molecule has 0 aromatic heterocycles. The molecule has 0 aromatic carbocycles. The van der Waals surface area contributed by atoms with Crippen molar-refractivity contribution in [2.24, 2.45) is 5.41 Å². The summed E-state index contributed by atoms with van der Waals surface area (Å²) in [5.74, 6) is -4.82. The first-order valence-corrected chi connectivity index (χ1v) is 9.95. The molecule has 162 valence electrons. The third-order valence-corrected chi connectivity index (χ3v) is 4.91. The number of esters is 2. The Hall–Kier alpha value is -1.96. The Labute approximate surface area is 166 Å². The van der Waals surface area contributed by atoms with E-state index in [1.165, 1.54) is 0 Å². The highest BCUT2D eigenvalue weighted by Crippen LogP contribution is 2.47. The number of hydrogen-bond acceptors (Lipinski definition) is 6. The molecule has 0 aliphatic heterocycles. The first kappa shape index (κ1) is 26.0. The van der Waals surface area contributed by atoms with Gasteiger partial charge in [0.2, 0.25) is 0 Å². The fraction of sp³-hybridized carbons (Fsp3) is 0.800. The second-order valence-corrected chi connectivity index (χ2v) is 7.08. The van der Waals surface area contributed by atoms with Crippen LogP contribution >= 0.6 is 0 Å². The molecule has 2 N–H and O–H groups in total. The lowest BCUT2D eigenvalue weighted by atomic mass is 9.63. The van der Waals surface area contributed by atoms with Crippen molar-refractivity contribution in [1.29, 1.82) is 0 Å². The maximum absolute atomic E-state index is 13.1. The third kappa shape index (κ3) is 6.58. The lowest BCUT2D eigenvalue weighted by Crippen LogP contribution is -2.61. The minimum atomic E-state index is -2.31. The van der Waals surface area contributed by atoms with Crippen molar-refractivity contribution >= 4 is 23.9 Å². The molecular weight excluding hydrogens is 368 g/mol. The molecule has 0 radical (unpaired) electrons. The summed E-state index contributed by atoms with van der Waals surface area (Å²) < 4.78 is 10.6. The molecule has 0 rings (SSSR count). The van der Waals surface area contributed by atoms with Gasteiger partial charge in [-0.05, 0) is 19.3 Å². The predicted molar refractivity (Wildman–Crippen MR) is 102 cm³/mol. The quantitative estimate of drug-likeness (QED) is 0.242. The van der Waals surface area contributed by atoms with Crippen molar-refractivity contribution in [3.63, 3.8) is 0 Å². The number of rotatable bonds is 15. The number of ether oxygens (including phenoxy) is 2. The van der Waals surface area contributed by atoms with Gasteiger partial charge < -0.3 is 19.7 Å². The molecule has 1 unspecified atom stereocenters. The summed E-state index contributed by atoms with van der Waals surface area (Å²) in [6.45, 7) is 6.68. The van der Waals surface area contributed by atoms with Crippen molar-refractivity contribution in [2.45, 2.75) is 91.1 Å². The summed E-state index contributed by atoms with van der Waals surface area (Å²) >= 11 is 0. The van der Waals surface area contributed by atoms with Gasteiger partial charge in [-0.15, -0.1) is 0 Å². The largest absolute Gasteiger partial charge is 0.481 e. The predicted octanol–water partition coefficient (Wildman–Crippen LogP) is 3.56. The Balaban J connectivity index is 6.61. The van der Waals surface area contributed by atoms with Crippen molar-refractivity contribution in [1.82, 2.24) is 0 Å². The van der Waals surface area contributed by atoms with Crippen LogP contribution in [-0.4, -0.2) is 46.3 Å². The Morgan fingerprint density at radius 1 is 0.857 bits per heavy atom. The molecule has 0 spiro atoms. The number of unbranched alkanes of at least 4 members (excludes halogenated alkanes) is 3. The van der Waals surface area contributed by atoms with Crippen molar-refractivity contribution in [3.05, 3.63) is 0 Å². The van der Waals surface area contributed by atoms with Crippen LogP contribution in [0.5, 0.6) is 0 Å². The van der Waals surface area contributed by atoms with E-state index in [9.17, 15) is 29.4 Å². The number of carboxylic acids is 2. The van der Waals surface area contributed by atoms with Gasteiger partial charge in [-0.25, -0.2) is 4.79 Å². The van der Waals surface area contributed by atoms with Crippen molar-refractivity contribution < 1.29 is 38.9 Å². The van der Waals surface area contributed by atoms with E-state index in [1.54, 1.807) is 0 Å². The lowest BCUT2D eigenvalue weighted by molar-refractivity contribution is -0.210. The van der Waals surface area contributed by atoms with E-state index in [4.69, 9.17) is 9.47 Å². The molecule has 0 aliphatic rings. The lowest BCUT2D eigenvalue weighted by Gasteiger charge is -2.45. The molecule has 8 nitrogen and oxygen atoms in total. The highest BCUT2D eigenvalue weighted by molar-refractivity contribution is 5.96. The van der Waals surface area contributed by atoms with Gasteiger partial charge in [0.05, 0.1) is 6.42 Å². The Morgan fingerprint density at radius 3 is 1.71 bits per heavy atom. The summed E-state index contributed by atoms with van der Waals surface area (Å²) in [6, 6.07) is 0. The van der Waals surface area contributed by atoms with Crippen LogP contribution in [0.25, 0.3) is 0 Å². The second kappa shape index (κ2) is 12.5. The molecule has 0 heterocycles. The van der Waals surface area contributed by atoms with Crippen LogP contribution in [0.3, 0.4) is 0 Å². The first-order valence-electron chi connectivity index (χ1n) is 9.95. The van der Waals surface area contributed by atoms with E-state index in [-0.39, 0.29) is 19.4 Å². The first-order chi connectivity index (χ1) is 13.1. The maximum Gasteiger partial charge on any atom is 0.337 e. The molecular formula is C20H34O8. The van der Waals surface area contributed by atoms with Crippen LogP contribution in [0, 0.1) is 5.41 Å². The summed E-state index contributed by atoms with van der Waals surface area (Å²) in [5, 5.41) is 19.6. The van der Waals surface area contributed by atoms with Crippen LogP contribution in [-0.2, 0) is 28.7 Å². The number of aliphatic carboxylic acids is 2. The highest BCUT2D eigenvalue weighted by atomic mass is 16.6. The maximum atomic E-state index is 13.1. The van der Waals surface area contributed by atoms with Gasteiger partial charge in [0.15, 0.2) is 5.60 Å². The van der Waals surface area contributed by atoms with Crippen molar-refractivity contribution in [2.75, 3.05) is 6.61 Å². The van der Waals surface area contributed by atoms with Crippen molar-refractivity contribution in [3.8, 4) is 0 Å². The van der Waals surface area contributed by atoms with Crippen LogP contribution in [0.1, 0.15) is 85.5 Å². The third-order valence-electron chi connectivity index (χ3n) is 4.91. The molecule has 1 atom stereocenters. The van der Waals surface area contributed by atoms with Gasteiger partial charge in [-0.1, -0.05) is 52.9 Å². The van der Waals surface area contributed by atoms with Gasteiger partial charge in [-0.3, -0.25) is 14.4 Å². The van der Waals surface area contributed by atoms with Crippen LogP contribution in [0.15, 0.2) is 0 Å². The summed E-state index contributed by atoms with van der Waals surface area (Å²) in [6.07, 6.45) is 2.66. The number of carbonyl (C=O) groups is 4. The zero-order valence-corrected chi connectivity index (χ0v) is 17.4. The average Bonchev–Trinajstić information content (AvgIpc) is 2.60. The van der Waals surface area contributed by atoms with Gasteiger partial charge in [0.1, 0.15) is 5.41 Å². The molecule has 0 fully saturated rings. The Bertz CT molecular complexity index is 534. The fourth-order valence-corrected chi connectivity index (χ4v) is 3.39. The molecule has 0 aromatic rings. The van der Waals surface area contributed by atoms with Gasteiger partial charge in [-0.2, -0.15) is 0 Å². The molecule has 8 heteroatoms. The second-order valence-electron chi connectivity index (χ2n) is 7.08. The van der Waals surface area contributed by atoms with E-state index < -0.39 is 41.3 Å². The fourth-order valence-electron chi connectivity index (χ4n) is 3.39. The molecule has 0 saturated carbocycles. The van der Waals surface area contributed by atoms with Gasteiger partial charge in [0, 0.05) is 13.5 Å². The standard InChI is InChI=1S/C20H34O8/c1-5-8-11-19(12-9-6-2,18(26)28-15(4)21)20(17(24)25,14-16(22)23)27-13-10-7-3/h5-14H2,1-4H3,(H,22,23)(H,24,25). The molecule has 0 bridgehead atoms. The monoisotopic (exact) mass is 402 g/mol. The van der Waals surface area contributed by atoms with E-state index in [2.05, 4.69) is 0 Å². The molecule has 0 amide bonds. The number of hydrogen-bond donors (Lipinski definition) is 2. The zero-order valence-electron chi connectivity index (χ0n) is 17.4. The van der Waals surface area contributed by atoms with Gasteiger partial charge >= 0.3 is 23.9 Å². The Kier molecular flexibility index (Phi) is 11.6. The topological polar surface area (TPSA) is 127 Å². The number of carboxylic acid groups (broad SMARTS) is 2. The van der Waals surface area contributed by atoms with E-state index in [0.29, 0.717) is 38.5 Å². The average molecular weight is 402 g/mol. The normalized spacial score (nSPS) is 13.6. The highest BCUT2D eigenvalue weighted by Gasteiger charge is 2.63. The van der Waals surface area contributed by atoms with E-state index >= 15 is 0 Å². The summed E-state index contributed by atoms with van der Waals surface area (Å²) in [7, 11) is 0.